The van der Waals surface area contributed by atoms with E-state index in [9.17, 15) is 22.4 Å². The number of alkyl halides is 3. The number of hydrogen-bond donors (Lipinski definition) is 3. The van der Waals surface area contributed by atoms with E-state index in [0.717, 1.165) is 0 Å². The number of hydrogen-bond acceptors (Lipinski definition) is 6. The van der Waals surface area contributed by atoms with Crippen molar-refractivity contribution < 1.29 is 31.5 Å². The number of aromatic amines is 1. The normalized spacial score (nSPS) is 23.1. The Labute approximate surface area is 199 Å². The lowest BCUT2D eigenvalue weighted by Crippen LogP contribution is -2.38. The Hall–Kier alpha value is -3.32. The summed E-state index contributed by atoms with van der Waals surface area (Å²) in [5.41, 5.74) is 0.686. The Kier molecular flexibility index (Phi) is 6.28. The minimum absolute atomic E-state index is 0.0785. The predicted octanol–water partition coefficient (Wildman–Crippen LogP) is 4.32. The van der Waals surface area contributed by atoms with E-state index in [4.69, 9.17) is 9.15 Å². The zero-order valence-electron chi connectivity index (χ0n) is 18.1. The molecule has 1 saturated carbocycles. The number of pyridine rings is 1. The number of aromatic nitrogens is 3. The van der Waals surface area contributed by atoms with Crippen LogP contribution in [0.5, 0.6) is 0 Å². The van der Waals surface area contributed by atoms with Crippen LogP contribution < -0.4 is 10.2 Å². The van der Waals surface area contributed by atoms with Crippen LogP contribution in [0.1, 0.15) is 23.4 Å². The second kappa shape index (κ2) is 9.38. The largest absolute Gasteiger partial charge is 0.451 e. The van der Waals surface area contributed by atoms with E-state index in [0.29, 0.717) is 41.7 Å². The molecule has 2 aliphatic rings. The van der Waals surface area contributed by atoms with E-state index in [1.807, 2.05) is 5.41 Å². The van der Waals surface area contributed by atoms with Crippen LogP contribution in [0.4, 0.5) is 23.4 Å². The van der Waals surface area contributed by atoms with Gasteiger partial charge in [0, 0.05) is 6.20 Å². The number of thiol groups is 1. The van der Waals surface area contributed by atoms with Gasteiger partial charge in [0.2, 0.25) is 5.95 Å². The number of furan rings is 1. The van der Waals surface area contributed by atoms with Crippen molar-refractivity contribution in [3.05, 3.63) is 65.7 Å². The first-order chi connectivity index (χ1) is 16.7. The van der Waals surface area contributed by atoms with E-state index >= 15 is 0 Å². The van der Waals surface area contributed by atoms with Gasteiger partial charge >= 0.3 is 6.18 Å². The fraction of sp³-hybridized carbons (Fsp3) is 0.318. The molecule has 1 amide bonds. The molecule has 0 spiro atoms. The molecule has 8 nitrogen and oxygen atoms in total. The molecule has 1 atom stereocenters. The van der Waals surface area contributed by atoms with Crippen LogP contribution in [0.3, 0.4) is 0 Å². The summed E-state index contributed by atoms with van der Waals surface area (Å²) in [6.45, 7) is -1.26. The van der Waals surface area contributed by atoms with Crippen molar-refractivity contribution in [2.45, 2.75) is 30.4 Å². The number of H-pyrrole nitrogens is 1. The van der Waals surface area contributed by atoms with Crippen LogP contribution in [0, 0.1) is 5.95 Å². The molecule has 35 heavy (non-hydrogen) atoms. The lowest BCUT2D eigenvalue weighted by atomic mass is 9.95. The van der Waals surface area contributed by atoms with Crippen LogP contribution >= 0.6 is 10.9 Å². The Balaban J connectivity index is 1.29. The second-order valence-corrected chi connectivity index (χ2v) is 10.5. The number of rotatable bonds is 7. The van der Waals surface area contributed by atoms with Crippen molar-refractivity contribution >= 4 is 22.6 Å². The predicted molar refractivity (Wildman–Crippen MR) is 121 cm³/mol. The molecular weight excluding hydrogens is 490 g/mol. The maximum Gasteiger partial charge on any atom is 0.411 e. The summed E-state index contributed by atoms with van der Waals surface area (Å²) < 4.78 is 61.6. The minimum atomic E-state index is -4.36. The summed E-state index contributed by atoms with van der Waals surface area (Å²) in [7, 11) is -0.838. The maximum absolute atomic E-state index is 13.8. The molecule has 0 bridgehead atoms. The molecule has 1 unspecified atom stereocenters. The standard InChI is InChI=1S/C22H21F4N5O3S/c23-18-2-1-3-19(29-18)31-12-35(15-6-14(7-15)33-11-22(24,25)26)10-20(31)30-21(32)17-5-4-16(34-17)13-8-27-28-9-13/h1-5,8-10,14-15,35H,6-7,11-12H2,(H,27,28)(H,30,32)/t14-,15+. The molecule has 13 heteroatoms. The zero-order valence-corrected chi connectivity index (χ0v) is 19.0. The quantitative estimate of drug-likeness (QED) is 0.248. The number of carbonyl (C=O) groups is 1. The third-order valence-electron chi connectivity index (χ3n) is 5.74. The van der Waals surface area contributed by atoms with Crippen LogP contribution in [0.25, 0.3) is 11.3 Å². The summed E-state index contributed by atoms with van der Waals surface area (Å²) >= 11 is 0. The Bertz CT molecular complexity index is 1220. The molecule has 0 saturated heterocycles. The number of anilines is 1. The fourth-order valence-electron chi connectivity index (χ4n) is 3.91. The molecule has 5 rings (SSSR count). The molecule has 1 aliphatic carbocycles. The third-order valence-corrected chi connectivity index (χ3v) is 8.28. The fourth-order valence-corrected chi connectivity index (χ4v) is 6.58. The average molecular weight is 512 g/mol. The molecule has 3 aromatic heterocycles. The van der Waals surface area contributed by atoms with Gasteiger partial charge in [0.25, 0.3) is 5.91 Å². The van der Waals surface area contributed by atoms with Gasteiger partial charge in [0.1, 0.15) is 24.0 Å². The molecule has 4 heterocycles. The van der Waals surface area contributed by atoms with Crippen molar-refractivity contribution in [3.8, 4) is 11.3 Å². The smallest absolute Gasteiger partial charge is 0.411 e. The van der Waals surface area contributed by atoms with Gasteiger partial charge in [-0.1, -0.05) is 6.07 Å². The average Bonchev–Trinajstić information content (AvgIpc) is 3.52. The van der Waals surface area contributed by atoms with Gasteiger partial charge in [-0.05, 0) is 47.8 Å². The van der Waals surface area contributed by atoms with Crippen LogP contribution in [-0.2, 0) is 4.74 Å². The summed E-state index contributed by atoms with van der Waals surface area (Å²) in [6, 6.07) is 7.55. The second-order valence-electron chi connectivity index (χ2n) is 8.19. The molecule has 1 aliphatic heterocycles. The Morgan fingerprint density at radius 3 is 2.83 bits per heavy atom. The first-order valence-corrected chi connectivity index (χ1v) is 12.4. The van der Waals surface area contributed by atoms with Crippen LogP contribution in [0.15, 0.2) is 58.4 Å². The number of nitrogens with one attached hydrogen (secondary N) is 2. The molecular formula is C22H21F4N5O3S. The lowest BCUT2D eigenvalue weighted by Gasteiger charge is -2.40. The molecule has 2 N–H and O–H groups in total. The number of amides is 1. The van der Waals surface area contributed by atoms with E-state index in [1.165, 1.54) is 18.2 Å². The highest BCUT2D eigenvalue weighted by Gasteiger charge is 2.40. The van der Waals surface area contributed by atoms with E-state index < -0.39 is 41.6 Å². The highest BCUT2D eigenvalue weighted by atomic mass is 32.2. The van der Waals surface area contributed by atoms with Gasteiger partial charge in [-0.3, -0.25) is 9.89 Å². The van der Waals surface area contributed by atoms with Crippen molar-refractivity contribution in [1.29, 1.82) is 0 Å². The minimum Gasteiger partial charge on any atom is -0.451 e. The SMILES string of the molecule is O=C(NC1=C[SH]([C@H]2C[C@@H](OCC(F)(F)F)C2)CN1c1cccc(F)n1)c1ccc(-c2cn[nH]c2)o1. The van der Waals surface area contributed by atoms with E-state index in [2.05, 4.69) is 20.5 Å². The van der Waals surface area contributed by atoms with Crippen molar-refractivity contribution in [3.63, 3.8) is 0 Å². The van der Waals surface area contributed by atoms with Crippen molar-refractivity contribution in [1.82, 2.24) is 20.5 Å². The van der Waals surface area contributed by atoms with Gasteiger partial charge in [-0.15, -0.1) is 0 Å². The highest BCUT2D eigenvalue weighted by Crippen LogP contribution is 2.50. The zero-order chi connectivity index (χ0) is 24.6. The van der Waals surface area contributed by atoms with Gasteiger partial charge in [0.15, 0.2) is 5.76 Å². The number of ether oxygens (including phenoxy) is 1. The van der Waals surface area contributed by atoms with Crippen LogP contribution in [0.2, 0.25) is 0 Å². The third kappa shape index (κ3) is 5.35. The van der Waals surface area contributed by atoms with Crippen LogP contribution in [-0.4, -0.2) is 51.1 Å². The molecule has 1 fully saturated rings. The maximum atomic E-state index is 13.8. The van der Waals surface area contributed by atoms with E-state index in [1.54, 1.807) is 29.4 Å². The summed E-state index contributed by atoms with van der Waals surface area (Å²) in [4.78, 5) is 18.5. The molecule has 186 valence electrons. The monoisotopic (exact) mass is 511 g/mol. The molecule has 0 radical (unpaired) electrons. The van der Waals surface area contributed by atoms with Gasteiger partial charge in [-0.25, -0.2) is 15.9 Å². The Morgan fingerprint density at radius 1 is 1.29 bits per heavy atom. The summed E-state index contributed by atoms with van der Waals surface area (Å²) in [5.74, 6) is 0.596. The lowest BCUT2D eigenvalue weighted by molar-refractivity contribution is -0.191. The van der Waals surface area contributed by atoms with Crippen molar-refractivity contribution in [2.24, 2.45) is 0 Å². The summed E-state index contributed by atoms with van der Waals surface area (Å²) in [5, 5.41) is 11.4. The number of nitrogens with zero attached hydrogens (tertiary/aromatic N) is 3. The van der Waals surface area contributed by atoms with Gasteiger partial charge in [0.05, 0.1) is 23.7 Å². The topological polar surface area (TPSA) is 96.3 Å². The Morgan fingerprint density at radius 2 is 2.11 bits per heavy atom. The first kappa shape index (κ1) is 23.4. The highest BCUT2D eigenvalue weighted by molar-refractivity contribution is 8.20. The molecule has 0 aromatic carbocycles. The first-order valence-electron chi connectivity index (χ1n) is 10.7. The van der Waals surface area contributed by atoms with Gasteiger partial charge in [-0.2, -0.15) is 22.7 Å². The van der Waals surface area contributed by atoms with Crippen molar-refractivity contribution in [2.75, 3.05) is 17.4 Å². The van der Waals surface area contributed by atoms with E-state index in [-0.39, 0.29) is 11.0 Å². The number of carbonyl (C=O) groups excluding carboxylic acids is 1. The number of halogens is 4. The summed E-state index contributed by atoms with van der Waals surface area (Å²) in [6.07, 6.45) is -0.609. The molecule has 3 aromatic rings. The van der Waals surface area contributed by atoms with Gasteiger partial charge < -0.3 is 19.4 Å².